The summed E-state index contributed by atoms with van der Waals surface area (Å²) in [7, 11) is 0. The minimum absolute atomic E-state index is 0.0387. The molecule has 24 heavy (non-hydrogen) atoms. The number of nitrogens with one attached hydrogen (secondary N) is 1. The van der Waals surface area contributed by atoms with Crippen molar-refractivity contribution in [3.8, 4) is 0 Å². The highest BCUT2D eigenvalue weighted by molar-refractivity contribution is 8.01. The maximum absolute atomic E-state index is 13.0. The molecule has 0 aliphatic heterocycles. The van der Waals surface area contributed by atoms with Gasteiger partial charge in [0.1, 0.15) is 11.7 Å². The van der Waals surface area contributed by atoms with Crippen LogP contribution in [0.15, 0.2) is 41.3 Å². The lowest BCUT2D eigenvalue weighted by atomic mass is 9.99. The first kappa shape index (κ1) is 19.4. The second-order valence-corrected chi connectivity index (χ2v) is 8.25. The Morgan fingerprint density at radius 2 is 1.75 bits per heavy atom. The summed E-state index contributed by atoms with van der Waals surface area (Å²) in [6.45, 7) is 1.88. The zero-order chi connectivity index (χ0) is 17.9. The third kappa shape index (κ3) is 4.57. The van der Waals surface area contributed by atoms with Crippen molar-refractivity contribution >= 4 is 52.4 Å². The van der Waals surface area contributed by atoms with Crippen molar-refractivity contribution in [2.24, 2.45) is 5.73 Å². The first-order valence-electron chi connectivity index (χ1n) is 7.14. The number of hydrogen-bond donors (Lipinski definition) is 2. The van der Waals surface area contributed by atoms with Crippen LogP contribution >= 0.6 is 46.6 Å². The van der Waals surface area contributed by atoms with Gasteiger partial charge < -0.3 is 5.73 Å². The van der Waals surface area contributed by atoms with Gasteiger partial charge in [0.05, 0.1) is 19.8 Å². The van der Waals surface area contributed by atoms with E-state index in [1.807, 2.05) is 6.92 Å². The molecule has 0 aliphatic carbocycles. The van der Waals surface area contributed by atoms with Crippen LogP contribution in [0.3, 0.4) is 0 Å². The molecule has 0 aliphatic rings. The summed E-state index contributed by atoms with van der Waals surface area (Å²) in [5.74, 6) is -0.234. The number of hydrogen-bond acceptors (Lipinski definition) is 2. The Labute approximate surface area is 160 Å². The fourth-order valence-electron chi connectivity index (χ4n) is 2.10. The summed E-state index contributed by atoms with van der Waals surface area (Å²) in [6, 6.07) is 9.73. The molecule has 0 spiro atoms. The molecule has 0 saturated heterocycles. The van der Waals surface area contributed by atoms with Crippen molar-refractivity contribution in [1.29, 1.82) is 5.41 Å². The number of halogens is 4. The first-order valence-corrected chi connectivity index (χ1v) is 9.09. The molecule has 0 amide bonds. The molecule has 3 N–H and O–H groups in total. The Kier molecular flexibility index (Phi) is 6.43. The van der Waals surface area contributed by atoms with E-state index in [9.17, 15) is 4.39 Å². The van der Waals surface area contributed by atoms with E-state index < -0.39 is 4.75 Å². The van der Waals surface area contributed by atoms with Crippen LogP contribution in [0.1, 0.15) is 18.9 Å². The molecule has 0 heterocycles. The number of aryl methyl sites for hydroxylation is 1. The Hall–Kier alpha value is -0.940. The van der Waals surface area contributed by atoms with Crippen molar-refractivity contribution in [2.45, 2.75) is 29.4 Å². The van der Waals surface area contributed by atoms with Crippen LogP contribution in [0.5, 0.6) is 0 Å². The van der Waals surface area contributed by atoms with Crippen LogP contribution in [0.25, 0.3) is 0 Å². The topological polar surface area (TPSA) is 49.9 Å². The van der Waals surface area contributed by atoms with Crippen LogP contribution in [-0.4, -0.2) is 10.6 Å². The maximum atomic E-state index is 13.0. The summed E-state index contributed by atoms with van der Waals surface area (Å²) < 4.78 is 12.3. The molecular weight excluding hydrogens is 390 g/mol. The molecule has 0 bridgehead atoms. The number of rotatable bonds is 6. The summed E-state index contributed by atoms with van der Waals surface area (Å²) in [4.78, 5) is 0.711. The summed E-state index contributed by atoms with van der Waals surface area (Å²) >= 11 is 19.7. The van der Waals surface area contributed by atoms with Crippen LogP contribution in [0, 0.1) is 11.2 Å². The highest BCUT2D eigenvalue weighted by Crippen LogP contribution is 2.44. The first-order chi connectivity index (χ1) is 11.2. The Morgan fingerprint density at radius 3 is 2.33 bits per heavy atom. The molecule has 2 aromatic rings. The molecule has 1 atom stereocenters. The SMILES string of the molecule is CC(CCc1ccc(F)cc1)(Sc1ccc(Cl)c(Cl)c1Cl)C(=N)N. The van der Waals surface area contributed by atoms with E-state index in [1.165, 1.54) is 23.9 Å². The second kappa shape index (κ2) is 7.96. The van der Waals surface area contributed by atoms with Crippen LogP contribution in [0.2, 0.25) is 15.1 Å². The molecule has 0 radical (unpaired) electrons. The quantitative estimate of drug-likeness (QED) is 0.260. The monoisotopic (exact) mass is 404 g/mol. The lowest BCUT2D eigenvalue weighted by Gasteiger charge is -2.28. The van der Waals surface area contributed by atoms with Gasteiger partial charge in [-0.3, -0.25) is 5.41 Å². The highest BCUT2D eigenvalue weighted by Gasteiger charge is 2.30. The molecular formula is C17H16Cl3FN2S. The summed E-state index contributed by atoms with van der Waals surface area (Å²) in [5, 5.41) is 8.97. The fraction of sp³-hybridized carbons (Fsp3) is 0.235. The molecule has 128 valence electrons. The lowest BCUT2D eigenvalue weighted by Crippen LogP contribution is -2.37. The normalized spacial score (nSPS) is 13.5. The average Bonchev–Trinajstić information content (AvgIpc) is 2.55. The third-order valence-electron chi connectivity index (χ3n) is 3.71. The molecule has 0 aromatic heterocycles. The molecule has 0 saturated carbocycles. The van der Waals surface area contributed by atoms with Crippen molar-refractivity contribution < 1.29 is 4.39 Å². The molecule has 2 nitrogen and oxygen atoms in total. The van der Waals surface area contributed by atoms with Gasteiger partial charge in [0.25, 0.3) is 0 Å². The van der Waals surface area contributed by atoms with Gasteiger partial charge in [-0.15, -0.1) is 11.8 Å². The zero-order valence-electron chi connectivity index (χ0n) is 12.9. The van der Waals surface area contributed by atoms with Gasteiger partial charge in [-0.1, -0.05) is 46.9 Å². The van der Waals surface area contributed by atoms with Crippen molar-refractivity contribution in [1.82, 2.24) is 0 Å². The van der Waals surface area contributed by atoms with Crippen LogP contribution in [0.4, 0.5) is 4.39 Å². The standard InChI is InChI=1S/C17H16Cl3FN2S/c1-17(16(22)23,9-8-10-2-4-11(21)5-3-10)24-13-7-6-12(18)14(19)15(13)20/h2-7H,8-9H2,1H3,(H3,22,23). The van der Waals surface area contributed by atoms with Crippen molar-refractivity contribution in [2.75, 3.05) is 0 Å². The van der Waals surface area contributed by atoms with Crippen molar-refractivity contribution in [3.05, 3.63) is 62.8 Å². The predicted molar refractivity (Wildman–Crippen MR) is 102 cm³/mol. The number of benzene rings is 2. The maximum Gasteiger partial charge on any atom is 0.123 e. The second-order valence-electron chi connectivity index (χ2n) is 5.55. The molecule has 1 unspecified atom stereocenters. The van der Waals surface area contributed by atoms with Crippen molar-refractivity contribution in [3.63, 3.8) is 0 Å². The predicted octanol–water partition coefficient (Wildman–Crippen LogP) is 6.21. The van der Waals surface area contributed by atoms with Crippen LogP contribution in [-0.2, 0) is 6.42 Å². The zero-order valence-corrected chi connectivity index (χ0v) is 16.0. The van der Waals surface area contributed by atoms with E-state index >= 15 is 0 Å². The average molecular weight is 406 g/mol. The Bertz CT molecular complexity index is 752. The van der Waals surface area contributed by atoms with E-state index in [0.29, 0.717) is 27.8 Å². The van der Waals surface area contributed by atoms with E-state index in [-0.39, 0.29) is 16.7 Å². The fourth-order valence-corrected chi connectivity index (χ4v) is 3.94. The molecule has 2 rings (SSSR count). The van der Waals surface area contributed by atoms with E-state index in [0.717, 1.165) is 5.56 Å². The van der Waals surface area contributed by atoms with Gasteiger partial charge >= 0.3 is 0 Å². The number of nitrogens with two attached hydrogens (primary N) is 1. The van der Waals surface area contributed by atoms with E-state index in [1.54, 1.807) is 24.3 Å². The largest absolute Gasteiger partial charge is 0.386 e. The third-order valence-corrected chi connectivity index (χ3v) is 6.55. The van der Waals surface area contributed by atoms with Gasteiger partial charge in [0, 0.05) is 4.90 Å². The highest BCUT2D eigenvalue weighted by atomic mass is 35.5. The molecule has 7 heteroatoms. The summed E-state index contributed by atoms with van der Waals surface area (Å²) in [5.41, 5.74) is 6.80. The van der Waals surface area contributed by atoms with E-state index in [2.05, 4.69) is 0 Å². The smallest absolute Gasteiger partial charge is 0.123 e. The molecule has 0 fully saturated rings. The Balaban J connectivity index is 2.20. The van der Waals surface area contributed by atoms with Gasteiger partial charge in [0.2, 0.25) is 0 Å². The number of thioether (sulfide) groups is 1. The Morgan fingerprint density at radius 1 is 1.12 bits per heavy atom. The number of amidine groups is 1. The lowest BCUT2D eigenvalue weighted by molar-refractivity contribution is 0.626. The minimum atomic E-state index is -0.671. The van der Waals surface area contributed by atoms with Gasteiger partial charge in [-0.2, -0.15) is 0 Å². The van der Waals surface area contributed by atoms with E-state index in [4.69, 9.17) is 45.9 Å². The molecule has 2 aromatic carbocycles. The van der Waals surface area contributed by atoms with Gasteiger partial charge in [0.15, 0.2) is 0 Å². The summed E-state index contributed by atoms with van der Waals surface area (Å²) in [6.07, 6.45) is 1.25. The van der Waals surface area contributed by atoms with Gasteiger partial charge in [-0.05, 0) is 49.6 Å². The minimum Gasteiger partial charge on any atom is -0.386 e. The van der Waals surface area contributed by atoms with Crippen LogP contribution < -0.4 is 5.73 Å². The van der Waals surface area contributed by atoms with Gasteiger partial charge in [-0.25, -0.2) is 4.39 Å².